The predicted molar refractivity (Wildman–Crippen MR) is 125 cm³/mol. The molecule has 2 aromatic carbocycles. The number of benzene rings is 2. The monoisotopic (exact) mass is 520 g/mol. The van der Waals surface area contributed by atoms with Crippen molar-refractivity contribution < 1.29 is 18.4 Å². The van der Waals surface area contributed by atoms with Gasteiger partial charge in [0.15, 0.2) is 16.1 Å². The molecule has 4 rings (SSSR count). The minimum atomic E-state index is -0.757. The molecule has 2 aromatic heterocycles. The molecule has 2 N–H and O–H groups in total. The second-order valence-corrected chi connectivity index (χ2v) is 8.91. The second-order valence-electron chi connectivity index (χ2n) is 6.66. The number of thioether (sulfide) groups is 1. The van der Waals surface area contributed by atoms with Crippen LogP contribution in [0.2, 0.25) is 5.02 Å². The zero-order valence-corrected chi connectivity index (χ0v) is 19.6. The van der Waals surface area contributed by atoms with Gasteiger partial charge in [-0.1, -0.05) is 29.4 Å². The summed E-state index contributed by atoms with van der Waals surface area (Å²) in [6.07, 6.45) is 1.58. The Labute approximate surface area is 205 Å². The summed E-state index contributed by atoms with van der Waals surface area (Å²) >= 11 is 8.35. The summed E-state index contributed by atoms with van der Waals surface area (Å²) in [7, 11) is 0. The third-order valence-electron chi connectivity index (χ3n) is 4.39. The molecule has 34 heavy (non-hydrogen) atoms. The first-order valence-electron chi connectivity index (χ1n) is 9.67. The summed E-state index contributed by atoms with van der Waals surface area (Å²) in [5.41, 5.74) is 0.230. The van der Waals surface area contributed by atoms with Crippen molar-refractivity contribution in [3.63, 3.8) is 0 Å². The number of hydrogen-bond acceptors (Lipinski definition) is 7. The number of nitrogens with zero attached hydrogens (tertiary/aromatic N) is 4. The number of carbonyl (C=O) groups excluding carboxylic acids is 2. The number of halogens is 3. The van der Waals surface area contributed by atoms with E-state index in [1.165, 1.54) is 47.7 Å². The molecule has 0 aliphatic heterocycles. The van der Waals surface area contributed by atoms with Crippen LogP contribution in [0.1, 0.15) is 16.2 Å². The summed E-state index contributed by atoms with van der Waals surface area (Å²) in [5.74, 6) is -1.91. The van der Waals surface area contributed by atoms with Gasteiger partial charge in [0.1, 0.15) is 11.6 Å². The van der Waals surface area contributed by atoms with E-state index in [4.69, 9.17) is 11.6 Å². The van der Waals surface area contributed by atoms with Crippen LogP contribution < -0.4 is 10.6 Å². The molecule has 0 aliphatic carbocycles. The van der Waals surface area contributed by atoms with Crippen LogP contribution in [-0.2, 0) is 11.3 Å². The van der Waals surface area contributed by atoms with Crippen molar-refractivity contribution in [2.24, 2.45) is 0 Å². The lowest BCUT2D eigenvalue weighted by atomic mass is 10.2. The molecule has 0 saturated carbocycles. The van der Waals surface area contributed by atoms with Crippen LogP contribution in [0.25, 0.3) is 5.69 Å². The number of aromatic nitrogens is 4. The molecule has 0 spiro atoms. The van der Waals surface area contributed by atoms with Crippen molar-refractivity contribution in [3.05, 3.63) is 82.1 Å². The van der Waals surface area contributed by atoms with Crippen molar-refractivity contribution >= 4 is 51.6 Å². The Kier molecular flexibility index (Phi) is 7.50. The predicted octanol–water partition coefficient (Wildman–Crippen LogP) is 4.32. The van der Waals surface area contributed by atoms with Gasteiger partial charge in [0, 0.05) is 17.3 Å². The van der Waals surface area contributed by atoms with Gasteiger partial charge < -0.3 is 10.6 Å². The van der Waals surface area contributed by atoms with E-state index in [-0.39, 0.29) is 34.6 Å². The summed E-state index contributed by atoms with van der Waals surface area (Å²) in [6.45, 7) is -0.125. The van der Waals surface area contributed by atoms with Gasteiger partial charge in [-0.05, 0) is 36.4 Å². The molecule has 4 aromatic rings. The lowest BCUT2D eigenvalue weighted by Gasteiger charge is -2.11. The SMILES string of the molecule is O=C(CSc1nnc(CNC(=O)c2c(F)cccc2Cl)n1-c1ccc(F)cc1)Nc1nccs1. The molecule has 2 amide bonds. The van der Waals surface area contributed by atoms with E-state index in [0.717, 1.165) is 17.8 Å². The number of hydrogen-bond donors (Lipinski definition) is 2. The number of thiazole rings is 1. The van der Waals surface area contributed by atoms with Gasteiger partial charge in [0.25, 0.3) is 5.91 Å². The highest BCUT2D eigenvalue weighted by molar-refractivity contribution is 7.99. The number of rotatable bonds is 8. The lowest BCUT2D eigenvalue weighted by Crippen LogP contribution is -2.26. The first-order valence-corrected chi connectivity index (χ1v) is 11.9. The standard InChI is InChI=1S/C21H15ClF2N6O2S2/c22-14-2-1-3-15(24)18(14)19(32)26-10-16-28-29-21(30(16)13-6-4-12(23)5-7-13)34-11-17(31)27-20-25-8-9-33-20/h1-9H,10-11H2,(H,26,32)(H,25,27,31). The minimum absolute atomic E-state index is 0.0100. The molecule has 0 bridgehead atoms. The third-order valence-corrected chi connectivity index (χ3v) is 6.33. The van der Waals surface area contributed by atoms with Crippen LogP contribution in [0.5, 0.6) is 0 Å². The van der Waals surface area contributed by atoms with Gasteiger partial charge in [-0.15, -0.1) is 21.5 Å². The zero-order chi connectivity index (χ0) is 24.1. The Balaban J connectivity index is 1.53. The van der Waals surface area contributed by atoms with Gasteiger partial charge in [0.2, 0.25) is 5.91 Å². The maximum atomic E-state index is 14.1. The smallest absolute Gasteiger partial charge is 0.256 e. The molecule has 2 heterocycles. The van der Waals surface area contributed by atoms with Crippen molar-refractivity contribution in [2.75, 3.05) is 11.1 Å². The molecule has 13 heteroatoms. The van der Waals surface area contributed by atoms with Crippen molar-refractivity contribution in [1.82, 2.24) is 25.1 Å². The van der Waals surface area contributed by atoms with E-state index >= 15 is 0 Å². The van der Waals surface area contributed by atoms with Crippen LogP contribution in [-0.4, -0.2) is 37.3 Å². The van der Waals surface area contributed by atoms with Crippen LogP contribution >= 0.6 is 34.7 Å². The molecule has 0 fully saturated rings. The third kappa shape index (κ3) is 5.58. The highest BCUT2D eigenvalue weighted by Gasteiger charge is 2.20. The molecular formula is C21H15ClF2N6O2S2. The largest absolute Gasteiger partial charge is 0.345 e. The minimum Gasteiger partial charge on any atom is -0.345 e. The van der Waals surface area contributed by atoms with Crippen LogP contribution in [0, 0.1) is 11.6 Å². The summed E-state index contributed by atoms with van der Waals surface area (Å²) in [5, 5.41) is 16.0. The van der Waals surface area contributed by atoms with E-state index in [1.54, 1.807) is 16.1 Å². The van der Waals surface area contributed by atoms with Gasteiger partial charge in [-0.2, -0.15) is 0 Å². The number of carbonyl (C=O) groups is 2. The van der Waals surface area contributed by atoms with E-state index in [1.807, 2.05) is 0 Å². The molecule has 0 radical (unpaired) electrons. The second kappa shape index (κ2) is 10.7. The highest BCUT2D eigenvalue weighted by atomic mass is 35.5. The topological polar surface area (TPSA) is 102 Å². The Hall–Kier alpha value is -3.35. The van der Waals surface area contributed by atoms with E-state index in [9.17, 15) is 18.4 Å². The number of anilines is 1. The quantitative estimate of drug-likeness (QED) is 0.336. The normalized spacial score (nSPS) is 10.8. The fourth-order valence-corrected chi connectivity index (χ4v) is 4.46. The van der Waals surface area contributed by atoms with Gasteiger partial charge >= 0.3 is 0 Å². The zero-order valence-electron chi connectivity index (χ0n) is 17.2. The Morgan fingerprint density at radius 3 is 2.62 bits per heavy atom. The molecule has 0 atom stereocenters. The van der Waals surface area contributed by atoms with Gasteiger partial charge in [-0.25, -0.2) is 13.8 Å². The summed E-state index contributed by atoms with van der Waals surface area (Å²) in [6, 6.07) is 9.49. The van der Waals surface area contributed by atoms with Gasteiger partial charge in [0.05, 0.1) is 22.9 Å². The van der Waals surface area contributed by atoms with Crippen LogP contribution in [0.3, 0.4) is 0 Å². The first kappa shape index (κ1) is 23.8. The lowest BCUT2D eigenvalue weighted by molar-refractivity contribution is -0.113. The molecule has 0 aliphatic rings. The van der Waals surface area contributed by atoms with Gasteiger partial charge in [-0.3, -0.25) is 14.2 Å². The number of nitrogens with one attached hydrogen (secondary N) is 2. The molecule has 0 saturated heterocycles. The maximum absolute atomic E-state index is 14.1. The van der Waals surface area contributed by atoms with E-state index in [2.05, 4.69) is 25.8 Å². The Morgan fingerprint density at radius 2 is 1.91 bits per heavy atom. The fraction of sp³-hybridized carbons (Fsp3) is 0.0952. The Bertz CT molecular complexity index is 1300. The molecule has 174 valence electrons. The average Bonchev–Trinajstić information content (AvgIpc) is 3.46. The maximum Gasteiger partial charge on any atom is 0.256 e. The Morgan fingerprint density at radius 1 is 1.12 bits per heavy atom. The molecule has 8 nitrogen and oxygen atoms in total. The van der Waals surface area contributed by atoms with E-state index in [0.29, 0.717) is 16.0 Å². The summed E-state index contributed by atoms with van der Waals surface area (Å²) < 4.78 is 29.1. The number of amides is 2. The molecular weight excluding hydrogens is 506 g/mol. The van der Waals surface area contributed by atoms with Crippen LogP contribution in [0.4, 0.5) is 13.9 Å². The van der Waals surface area contributed by atoms with Crippen molar-refractivity contribution in [1.29, 1.82) is 0 Å². The van der Waals surface area contributed by atoms with Crippen molar-refractivity contribution in [2.45, 2.75) is 11.7 Å². The van der Waals surface area contributed by atoms with Crippen LogP contribution in [0.15, 0.2) is 59.2 Å². The first-order chi connectivity index (χ1) is 16.4. The highest BCUT2D eigenvalue weighted by Crippen LogP contribution is 2.24. The van der Waals surface area contributed by atoms with E-state index < -0.39 is 17.5 Å². The summed E-state index contributed by atoms with van der Waals surface area (Å²) in [4.78, 5) is 28.8. The van der Waals surface area contributed by atoms with Crippen molar-refractivity contribution in [3.8, 4) is 5.69 Å². The average molecular weight is 521 g/mol. The molecule has 0 unspecified atom stereocenters. The fourth-order valence-electron chi connectivity index (χ4n) is 2.89.